The van der Waals surface area contributed by atoms with Crippen LogP contribution in [0.3, 0.4) is 0 Å². The van der Waals surface area contributed by atoms with Crippen molar-refractivity contribution in [1.82, 2.24) is 4.90 Å². The molecule has 1 aliphatic carbocycles. The highest BCUT2D eigenvalue weighted by Crippen LogP contribution is 2.31. The molecule has 82 valence electrons. The zero-order valence-electron chi connectivity index (χ0n) is 9.46. The van der Waals surface area contributed by atoms with E-state index < -0.39 is 0 Å². The summed E-state index contributed by atoms with van der Waals surface area (Å²) in [6.07, 6.45) is 3.81. The quantitative estimate of drug-likeness (QED) is 0.796. The summed E-state index contributed by atoms with van der Waals surface area (Å²) in [5, 5.41) is 0. The Morgan fingerprint density at radius 1 is 1.40 bits per heavy atom. The van der Waals surface area contributed by atoms with E-state index in [1.807, 2.05) is 0 Å². The van der Waals surface area contributed by atoms with Crippen molar-refractivity contribution in [2.75, 3.05) is 20.6 Å². The van der Waals surface area contributed by atoms with E-state index in [2.05, 4.69) is 53.1 Å². The third-order valence-electron chi connectivity index (χ3n) is 3.15. The molecular formula is C13H18BrN. The number of halogens is 1. The van der Waals surface area contributed by atoms with Crippen LogP contribution >= 0.6 is 15.9 Å². The smallest absolute Gasteiger partial charge is 0.0210 e. The Kier molecular flexibility index (Phi) is 3.47. The maximum absolute atomic E-state index is 3.66. The molecule has 1 aliphatic rings. The Balaban J connectivity index is 2.15. The first-order chi connectivity index (χ1) is 7.16. The maximum Gasteiger partial charge on any atom is 0.0210 e. The molecule has 1 aromatic rings. The highest BCUT2D eigenvalue weighted by atomic mass is 79.9. The van der Waals surface area contributed by atoms with Crippen molar-refractivity contribution in [2.24, 2.45) is 5.92 Å². The molecule has 0 radical (unpaired) electrons. The molecule has 0 saturated carbocycles. The highest BCUT2D eigenvalue weighted by Gasteiger charge is 2.20. The Hall–Kier alpha value is -0.340. The lowest BCUT2D eigenvalue weighted by molar-refractivity contribution is 0.302. The number of rotatable bonds is 2. The van der Waals surface area contributed by atoms with Crippen molar-refractivity contribution in [3.8, 4) is 0 Å². The molecule has 0 amide bonds. The second-order valence-electron chi connectivity index (χ2n) is 4.75. The van der Waals surface area contributed by atoms with Crippen LogP contribution in [0.2, 0.25) is 0 Å². The molecule has 0 aliphatic heterocycles. The van der Waals surface area contributed by atoms with Gasteiger partial charge in [-0.15, -0.1) is 0 Å². The Labute approximate surface area is 101 Å². The number of benzene rings is 1. The van der Waals surface area contributed by atoms with Gasteiger partial charge in [-0.1, -0.05) is 28.1 Å². The molecule has 0 N–H and O–H groups in total. The molecule has 1 nitrogen and oxygen atoms in total. The van der Waals surface area contributed by atoms with Crippen LogP contribution in [-0.4, -0.2) is 25.5 Å². The van der Waals surface area contributed by atoms with E-state index in [-0.39, 0.29) is 0 Å². The maximum atomic E-state index is 3.66. The first-order valence-electron chi connectivity index (χ1n) is 5.58. The zero-order valence-corrected chi connectivity index (χ0v) is 11.0. The van der Waals surface area contributed by atoms with E-state index in [4.69, 9.17) is 0 Å². The third kappa shape index (κ3) is 2.61. The standard InChI is InChI=1S/C13H18BrN/c1-15(2)9-10-6-7-11-4-3-5-13(14)12(11)8-10/h3-5,10H,6-9H2,1-2H3. The van der Waals surface area contributed by atoms with Crippen LogP contribution in [0.25, 0.3) is 0 Å². The van der Waals surface area contributed by atoms with E-state index in [9.17, 15) is 0 Å². The van der Waals surface area contributed by atoms with Gasteiger partial charge < -0.3 is 4.90 Å². The zero-order chi connectivity index (χ0) is 10.8. The first-order valence-corrected chi connectivity index (χ1v) is 6.37. The number of fused-ring (bicyclic) bond motifs is 1. The fourth-order valence-corrected chi connectivity index (χ4v) is 3.06. The number of nitrogens with zero attached hydrogens (tertiary/aromatic N) is 1. The van der Waals surface area contributed by atoms with Gasteiger partial charge in [0.2, 0.25) is 0 Å². The SMILES string of the molecule is CN(C)CC1CCc2cccc(Br)c2C1. The number of hydrogen-bond acceptors (Lipinski definition) is 1. The molecule has 0 bridgehead atoms. The molecule has 0 fully saturated rings. The van der Waals surface area contributed by atoms with Gasteiger partial charge in [-0.25, -0.2) is 0 Å². The molecule has 0 saturated heterocycles. The Morgan fingerprint density at radius 3 is 2.93 bits per heavy atom. The molecule has 1 aromatic carbocycles. The van der Waals surface area contributed by atoms with E-state index in [0.717, 1.165) is 5.92 Å². The number of aryl methyl sites for hydroxylation is 1. The summed E-state index contributed by atoms with van der Waals surface area (Å²) in [4.78, 5) is 2.30. The predicted molar refractivity (Wildman–Crippen MR) is 68.2 cm³/mol. The summed E-state index contributed by atoms with van der Waals surface area (Å²) in [5.41, 5.74) is 3.08. The van der Waals surface area contributed by atoms with Gasteiger partial charge in [0.25, 0.3) is 0 Å². The summed E-state index contributed by atoms with van der Waals surface area (Å²) in [6, 6.07) is 6.58. The Morgan fingerprint density at radius 2 is 2.20 bits per heavy atom. The van der Waals surface area contributed by atoms with Gasteiger partial charge in [0.05, 0.1) is 0 Å². The van der Waals surface area contributed by atoms with Gasteiger partial charge in [-0.3, -0.25) is 0 Å². The first kappa shape index (κ1) is 11.2. The van der Waals surface area contributed by atoms with Crippen LogP contribution in [0, 0.1) is 5.92 Å². The van der Waals surface area contributed by atoms with E-state index in [1.165, 1.54) is 35.8 Å². The largest absolute Gasteiger partial charge is 0.309 e. The highest BCUT2D eigenvalue weighted by molar-refractivity contribution is 9.10. The van der Waals surface area contributed by atoms with Crippen LogP contribution in [0.15, 0.2) is 22.7 Å². The summed E-state index contributed by atoms with van der Waals surface area (Å²) in [5.74, 6) is 0.825. The predicted octanol–water partition coefficient (Wildman–Crippen LogP) is 3.12. The fraction of sp³-hybridized carbons (Fsp3) is 0.538. The minimum atomic E-state index is 0.825. The summed E-state index contributed by atoms with van der Waals surface area (Å²) < 4.78 is 1.29. The molecular weight excluding hydrogens is 250 g/mol. The van der Waals surface area contributed by atoms with E-state index in [0.29, 0.717) is 0 Å². The van der Waals surface area contributed by atoms with E-state index >= 15 is 0 Å². The van der Waals surface area contributed by atoms with Crippen molar-refractivity contribution < 1.29 is 0 Å². The lowest BCUT2D eigenvalue weighted by Gasteiger charge is -2.27. The fourth-order valence-electron chi connectivity index (χ4n) is 2.49. The second-order valence-corrected chi connectivity index (χ2v) is 5.60. The second kappa shape index (κ2) is 4.67. The van der Waals surface area contributed by atoms with E-state index in [1.54, 1.807) is 5.56 Å². The van der Waals surface area contributed by atoms with Gasteiger partial charge in [0, 0.05) is 11.0 Å². The summed E-state index contributed by atoms with van der Waals surface area (Å²) >= 11 is 3.66. The molecule has 15 heavy (non-hydrogen) atoms. The lowest BCUT2D eigenvalue weighted by atomic mass is 9.84. The van der Waals surface area contributed by atoms with Gasteiger partial charge >= 0.3 is 0 Å². The monoisotopic (exact) mass is 267 g/mol. The molecule has 0 spiro atoms. The van der Waals surface area contributed by atoms with Gasteiger partial charge in [-0.05, 0) is 56.5 Å². The normalized spacial score (nSPS) is 20.4. The third-order valence-corrected chi connectivity index (χ3v) is 3.90. The average Bonchev–Trinajstić information content (AvgIpc) is 2.18. The van der Waals surface area contributed by atoms with Crippen LogP contribution < -0.4 is 0 Å². The van der Waals surface area contributed by atoms with Crippen LogP contribution in [0.1, 0.15) is 17.5 Å². The summed E-state index contributed by atoms with van der Waals surface area (Å²) in [6.45, 7) is 1.21. The number of hydrogen-bond donors (Lipinski definition) is 0. The van der Waals surface area contributed by atoms with Crippen molar-refractivity contribution in [2.45, 2.75) is 19.3 Å². The molecule has 0 heterocycles. The van der Waals surface area contributed by atoms with Crippen molar-refractivity contribution in [1.29, 1.82) is 0 Å². The topological polar surface area (TPSA) is 3.24 Å². The van der Waals surface area contributed by atoms with Crippen LogP contribution in [-0.2, 0) is 12.8 Å². The average molecular weight is 268 g/mol. The van der Waals surface area contributed by atoms with Gasteiger partial charge in [0.1, 0.15) is 0 Å². The van der Waals surface area contributed by atoms with Crippen molar-refractivity contribution >= 4 is 15.9 Å². The van der Waals surface area contributed by atoms with Crippen LogP contribution in [0.5, 0.6) is 0 Å². The molecule has 2 rings (SSSR count). The van der Waals surface area contributed by atoms with Gasteiger partial charge in [0.15, 0.2) is 0 Å². The van der Waals surface area contributed by atoms with Gasteiger partial charge in [-0.2, -0.15) is 0 Å². The Bertz CT molecular complexity index is 346. The molecule has 2 heteroatoms. The van der Waals surface area contributed by atoms with Crippen molar-refractivity contribution in [3.63, 3.8) is 0 Å². The van der Waals surface area contributed by atoms with Crippen molar-refractivity contribution in [3.05, 3.63) is 33.8 Å². The summed E-state index contributed by atoms with van der Waals surface area (Å²) in [7, 11) is 4.32. The minimum absolute atomic E-state index is 0.825. The lowest BCUT2D eigenvalue weighted by Crippen LogP contribution is -2.26. The molecule has 0 aromatic heterocycles. The molecule has 1 atom stereocenters. The van der Waals surface area contributed by atoms with Crippen LogP contribution in [0.4, 0.5) is 0 Å². The molecule has 1 unspecified atom stereocenters. The minimum Gasteiger partial charge on any atom is -0.309 e.